The molecular weight excluding hydrogens is 244 g/mol. The highest BCUT2D eigenvalue weighted by Gasteiger charge is 2.19. The van der Waals surface area contributed by atoms with E-state index >= 15 is 0 Å². The molecule has 1 saturated heterocycles. The lowest BCUT2D eigenvalue weighted by Crippen LogP contribution is -2.42. The summed E-state index contributed by atoms with van der Waals surface area (Å²) < 4.78 is 10.6. The molecule has 2 heterocycles. The first-order chi connectivity index (χ1) is 9.34. The third kappa shape index (κ3) is 2.51. The van der Waals surface area contributed by atoms with Crippen LogP contribution in [0, 0.1) is 0 Å². The van der Waals surface area contributed by atoms with Gasteiger partial charge in [0.1, 0.15) is 5.52 Å². The van der Waals surface area contributed by atoms with Gasteiger partial charge >= 0.3 is 6.09 Å². The van der Waals surface area contributed by atoms with Gasteiger partial charge in [-0.15, -0.1) is 0 Å². The van der Waals surface area contributed by atoms with Gasteiger partial charge in [-0.2, -0.15) is 0 Å². The molecule has 1 amide bonds. The summed E-state index contributed by atoms with van der Waals surface area (Å²) in [5.41, 5.74) is 0.701. The molecule has 2 aromatic rings. The van der Waals surface area contributed by atoms with E-state index in [4.69, 9.17) is 9.47 Å². The van der Waals surface area contributed by atoms with Crippen molar-refractivity contribution in [3.63, 3.8) is 0 Å². The second kappa shape index (κ2) is 5.24. The van der Waals surface area contributed by atoms with E-state index < -0.39 is 0 Å². The number of amides is 1. The van der Waals surface area contributed by atoms with Gasteiger partial charge in [0.15, 0.2) is 5.75 Å². The molecule has 5 heteroatoms. The van der Waals surface area contributed by atoms with Crippen molar-refractivity contribution < 1.29 is 14.3 Å². The maximum atomic E-state index is 12.0. The van der Waals surface area contributed by atoms with Crippen molar-refractivity contribution in [2.24, 2.45) is 0 Å². The van der Waals surface area contributed by atoms with E-state index in [1.165, 1.54) is 0 Å². The minimum absolute atomic E-state index is 0.346. The Morgan fingerprint density at radius 2 is 2.00 bits per heavy atom. The number of hydrogen-bond donors (Lipinski definition) is 0. The summed E-state index contributed by atoms with van der Waals surface area (Å²) in [6.07, 6.45) is 1.34. The van der Waals surface area contributed by atoms with Crippen molar-refractivity contribution in [3.8, 4) is 5.75 Å². The van der Waals surface area contributed by atoms with Crippen LogP contribution in [0.4, 0.5) is 4.79 Å². The predicted molar refractivity (Wildman–Crippen MR) is 70.2 cm³/mol. The molecule has 0 N–H and O–H groups in total. The van der Waals surface area contributed by atoms with Gasteiger partial charge in [-0.05, 0) is 12.1 Å². The number of nitrogens with zero attached hydrogens (tertiary/aromatic N) is 2. The van der Waals surface area contributed by atoms with Gasteiger partial charge in [-0.25, -0.2) is 4.79 Å². The first-order valence-electron chi connectivity index (χ1n) is 6.23. The van der Waals surface area contributed by atoms with E-state index in [0.717, 1.165) is 5.39 Å². The number of hydrogen-bond acceptors (Lipinski definition) is 4. The number of benzene rings is 1. The third-order valence-electron chi connectivity index (χ3n) is 3.06. The molecule has 1 aliphatic heterocycles. The fourth-order valence-electron chi connectivity index (χ4n) is 2.06. The number of para-hydroxylation sites is 1. The zero-order valence-electron chi connectivity index (χ0n) is 10.4. The average Bonchev–Trinajstić information content (AvgIpc) is 2.48. The Bertz CT molecular complexity index is 589. The van der Waals surface area contributed by atoms with Crippen LogP contribution in [0.25, 0.3) is 10.9 Å². The van der Waals surface area contributed by atoms with Crippen LogP contribution in [-0.4, -0.2) is 42.3 Å². The Hall–Kier alpha value is -2.14. The topological polar surface area (TPSA) is 51.7 Å². The first kappa shape index (κ1) is 11.9. The second-order valence-electron chi connectivity index (χ2n) is 4.30. The van der Waals surface area contributed by atoms with Gasteiger partial charge in [0.2, 0.25) is 0 Å². The van der Waals surface area contributed by atoms with E-state index in [2.05, 4.69) is 4.98 Å². The minimum atomic E-state index is -0.346. The van der Waals surface area contributed by atoms with E-state index in [0.29, 0.717) is 37.6 Å². The molecule has 5 nitrogen and oxygen atoms in total. The number of carbonyl (C=O) groups excluding carboxylic acids is 1. The Labute approximate surface area is 110 Å². The van der Waals surface area contributed by atoms with Crippen LogP contribution in [0.5, 0.6) is 5.75 Å². The van der Waals surface area contributed by atoms with Crippen molar-refractivity contribution in [1.82, 2.24) is 9.88 Å². The smallest absolute Gasteiger partial charge is 0.408 e. The second-order valence-corrected chi connectivity index (χ2v) is 4.30. The summed E-state index contributed by atoms with van der Waals surface area (Å²) in [5, 5.41) is 0.953. The molecule has 1 aromatic carbocycles. The van der Waals surface area contributed by atoms with Crippen LogP contribution >= 0.6 is 0 Å². The van der Waals surface area contributed by atoms with Gasteiger partial charge in [0.25, 0.3) is 0 Å². The molecule has 1 fully saturated rings. The van der Waals surface area contributed by atoms with Gasteiger partial charge < -0.3 is 14.4 Å². The zero-order valence-corrected chi connectivity index (χ0v) is 10.4. The van der Waals surface area contributed by atoms with E-state index in [9.17, 15) is 4.79 Å². The van der Waals surface area contributed by atoms with E-state index in [-0.39, 0.29) is 6.09 Å². The molecule has 1 aromatic heterocycles. The van der Waals surface area contributed by atoms with Crippen molar-refractivity contribution in [1.29, 1.82) is 0 Å². The molecule has 98 valence electrons. The van der Waals surface area contributed by atoms with E-state index in [1.54, 1.807) is 17.2 Å². The Morgan fingerprint density at radius 3 is 2.84 bits per heavy atom. The van der Waals surface area contributed by atoms with Crippen molar-refractivity contribution in [2.45, 2.75) is 0 Å². The predicted octanol–water partition coefficient (Wildman–Crippen LogP) is 2.07. The number of pyridine rings is 1. The summed E-state index contributed by atoms with van der Waals surface area (Å²) in [6, 6.07) is 9.35. The zero-order chi connectivity index (χ0) is 13.1. The molecule has 0 atom stereocenters. The lowest BCUT2D eigenvalue weighted by atomic mass is 10.2. The number of ether oxygens (including phenoxy) is 2. The maximum absolute atomic E-state index is 12.0. The van der Waals surface area contributed by atoms with E-state index in [1.807, 2.05) is 24.3 Å². The van der Waals surface area contributed by atoms with Crippen LogP contribution < -0.4 is 4.74 Å². The van der Waals surface area contributed by atoms with Gasteiger partial charge in [-0.3, -0.25) is 4.98 Å². The van der Waals surface area contributed by atoms with Gasteiger partial charge in [0, 0.05) is 24.7 Å². The highest BCUT2D eigenvalue weighted by molar-refractivity contribution is 5.86. The number of morpholine rings is 1. The largest absolute Gasteiger partial charge is 0.415 e. The molecule has 19 heavy (non-hydrogen) atoms. The van der Waals surface area contributed by atoms with Gasteiger partial charge in [-0.1, -0.05) is 18.2 Å². The molecule has 0 radical (unpaired) electrons. The van der Waals surface area contributed by atoms with Crippen LogP contribution in [0.15, 0.2) is 36.5 Å². The molecule has 0 bridgehead atoms. The third-order valence-corrected chi connectivity index (χ3v) is 3.06. The lowest BCUT2D eigenvalue weighted by Gasteiger charge is -2.25. The molecule has 0 saturated carbocycles. The van der Waals surface area contributed by atoms with Crippen molar-refractivity contribution in [3.05, 3.63) is 36.5 Å². The maximum Gasteiger partial charge on any atom is 0.415 e. The minimum Gasteiger partial charge on any atom is -0.408 e. The highest BCUT2D eigenvalue weighted by Crippen LogP contribution is 2.23. The summed E-state index contributed by atoms with van der Waals surface area (Å²) in [4.78, 5) is 17.9. The molecule has 0 aliphatic carbocycles. The number of carbonyl (C=O) groups is 1. The fourth-order valence-corrected chi connectivity index (χ4v) is 2.06. The van der Waals surface area contributed by atoms with Crippen molar-refractivity contribution >= 4 is 17.0 Å². The highest BCUT2D eigenvalue weighted by atomic mass is 16.6. The van der Waals surface area contributed by atoms with Gasteiger partial charge in [0.05, 0.1) is 13.2 Å². The first-order valence-corrected chi connectivity index (χ1v) is 6.23. The number of fused-ring (bicyclic) bond motifs is 1. The summed E-state index contributed by atoms with van der Waals surface area (Å²) in [5.74, 6) is 0.495. The SMILES string of the molecule is O=C(Oc1cccc2cccnc12)N1CCOCC1. The van der Waals surface area contributed by atoms with Crippen LogP contribution in [0.1, 0.15) is 0 Å². The summed E-state index contributed by atoms with van der Waals surface area (Å²) in [7, 11) is 0. The molecule has 3 rings (SSSR count). The molecule has 1 aliphatic rings. The number of aromatic nitrogens is 1. The molecule has 0 spiro atoms. The Kier molecular flexibility index (Phi) is 3.29. The standard InChI is InChI=1S/C14H14N2O3/c17-14(16-7-9-18-10-8-16)19-12-5-1-3-11-4-2-6-15-13(11)12/h1-6H,7-10H2. The van der Waals surface area contributed by atoms with Crippen molar-refractivity contribution in [2.75, 3.05) is 26.3 Å². The molecular formula is C14H14N2O3. The summed E-state index contributed by atoms with van der Waals surface area (Å²) >= 11 is 0. The summed E-state index contributed by atoms with van der Waals surface area (Å²) in [6.45, 7) is 2.25. The number of rotatable bonds is 1. The lowest BCUT2D eigenvalue weighted by molar-refractivity contribution is 0.0417. The monoisotopic (exact) mass is 258 g/mol. The Balaban J connectivity index is 1.82. The van der Waals surface area contributed by atoms with Crippen LogP contribution in [-0.2, 0) is 4.74 Å². The van der Waals surface area contributed by atoms with Crippen LogP contribution in [0.3, 0.4) is 0 Å². The quantitative estimate of drug-likeness (QED) is 0.785. The van der Waals surface area contributed by atoms with Crippen LogP contribution in [0.2, 0.25) is 0 Å². The molecule has 0 unspecified atom stereocenters. The normalized spacial score (nSPS) is 15.5. The fraction of sp³-hybridized carbons (Fsp3) is 0.286. The average molecular weight is 258 g/mol. The Morgan fingerprint density at radius 1 is 1.21 bits per heavy atom.